The van der Waals surface area contributed by atoms with Gasteiger partial charge in [0.2, 0.25) is 0 Å². The molecular weight excluding hydrogens is 170 g/mol. The van der Waals surface area contributed by atoms with Gasteiger partial charge in [0.1, 0.15) is 0 Å². The van der Waals surface area contributed by atoms with Crippen molar-refractivity contribution < 1.29 is 0 Å². The Bertz CT molecular complexity index is 500. The SMILES string of the molecule is [NH]c1cccc2c1Cc1ccccc1-2. The second-order valence-electron chi connectivity index (χ2n) is 3.67. The van der Waals surface area contributed by atoms with Gasteiger partial charge in [0.15, 0.2) is 0 Å². The Hall–Kier alpha value is -1.76. The van der Waals surface area contributed by atoms with Gasteiger partial charge in [-0.25, -0.2) is 0 Å². The highest BCUT2D eigenvalue weighted by Gasteiger charge is 2.18. The molecule has 67 valence electrons. The number of rotatable bonds is 0. The molecule has 2 aromatic carbocycles. The molecule has 0 amide bonds. The minimum Gasteiger partial charge on any atom is -0.301 e. The van der Waals surface area contributed by atoms with Gasteiger partial charge in [-0.2, -0.15) is 0 Å². The van der Waals surface area contributed by atoms with E-state index in [1.807, 2.05) is 12.1 Å². The highest BCUT2D eigenvalue weighted by atomic mass is 14.6. The van der Waals surface area contributed by atoms with Crippen LogP contribution in [0.3, 0.4) is 0 Å². The molecule has 0 atom stereocenters. The Morgan fingerprint density at radius 2 is 1.64 bits per heavy atom. The van der Waals surface area contributed by atoms with Crippen molar-refractivity contribution >= 4 is 5.69 Å². The fourth-order valence-corrected chi connectivity index (χ4v) is 2.16. The fourth-order valence-electron chi connectivity index (χ4n) is 2.16. The first-order valence-corrected chi connectivity index (χ1v) is 4.78. The zero-order chi connectivity index (χ0) is 9.54. The maximum absolute atomic E-state index is 7.83. The van der Waals surface area contributed by atoms with Crippen molar-refractivity contribution in [3.05, 3.63) is 53.6 Å². The second kappa shape index (κ2) is 2.61. The lowest BCUT2D eigenvalue weighted by Crippen LogP contribution is -1.82. The molecule has 0 bridgehead atoms. The van der Waals surface area contributed by atoms with Crippen LogP contribution in [0.2, 0.25) is 0 Å². The molecule has 1 radical (unpaired) electrons. The highest BCUT2D eigenvalue weighted by Crippen LogP contribution is 2.39. The molecule has 1 heteroatoms. The molecule has 0 unspecified atom stereocenters. The Morgan fingerprint density at radius 3 is 2.57 bits per heavy atom. The number of hydrogen-bond acceptors (Lipinski definition) is 0. The summed E-state index contributed by atoms with van der Waals surface area (Å²) in [5, 5.41) is 0. The van der Waals surface area contributed by atoms with Crippen molar-refractivity contribution in [1.29, 1.82) is 0 Å². The van der Waals surface area contributed by atoms with Crippen molar-refractivity contribution in [3.8, 4) is 11.1 Å². The summed E-state index contributed by atoms with van der Waals surface area (Å²) in [5.41, 5.74) is 13.6. The molecule has 0 aromatic heterocycles. The lowest BCUT2D eigenvalue weighted by Gasteiger charge is -2.01. The van der Waals surface area contributed by atoms with Gasteiger partial charge in [-0.3, -0.25) is 0 Å². The minimum atomic E-state index is 0.665. The zero-order valence-corrected chi connectivity index (χ0v) is 7.75. The zero-order valence-electron chi connectivity index (χ0n) is 7.75. The quantitative estimate of drug-likeness (QED) is 0.507. The average molecular weight is 180 g/mol. The van der Waals surface area contributed by atoms with E-state index >= 15 is 0 Å². The summed E-state index contributed by atoms with van der Waals surface area (Å²) in [6.45, 7) is 0. The van der Waals surface area contributed by atoms with Crippen LogP contribution in [0, 0.1) is 0 Å². The van der Waals surface area contributed by atoms with Crippen LogP contribution in [0.1, 0.15) is 11.1 Å². The fraction of sp³-hybridized carbons (Fsp3) is 0.0769. The van der Waals surface area contributed by atoms with Crippen molar-refractivity contribution in [1.82, 2.24) is 5.73 Å². The molecule has 1 aliphatic carbocycles. The van der Waals surface area contributed by atoms with E-state index in [4.69, 9.17) is 5.73 Å². The summed E-state index contributed by atoms with van der Waals surface area (Å²) < 4.78 is 0. The first kappa shape index (κ1) is 7.63. The van der Waals surface area contributed by atoms with Crippen LogP contribution in [-0.4, -0.2) is 0 Å². The number of fused-ring (bicyclic) bond motifs is 3. The van der Waals surface area contributed by atoms with Gasteiger partial charge >= 0.3 is 0 Å². The molecule has 0 spiro atoms. The van der Waals surface area contributed by atoms with Crippen LogP contribution in [0.5, 0.6) is 0 Å². The van der Waals surface area contributed by atoms with Crippen molar-refractivity contribution in [2.45, 2.75) is 6.42 Å². The van der Waals surface area contributed by atoms with Crippen molar-refractivity contribution in [2.24, 2.45) is 0 Å². The second-order valence-corrected chi connectivity index (χ2v) is 3.67. The summed E-state index contributed by atoms with van der Waals surface area (Å²) in [5.74, 6) is 0. The monoisotopic (exact) mass is 180 g/mol. The van der Waals surface area contributed by atoms with E-state index in [0.717, 1.165) is 6.42 Å². The Balaban J connectivity index is 2.33. The van der Waals surface area contributed by atoms with Crippen LogP contribution >= 0.6 is 0 Å². The third-order valence-electron chi connectivity index (χ3n) is 2.85. The Morgan fingerprint density at radius 1 is 0.857 bits per heavy atom. The molecule has 2 aromatic rings. The van der Waals surface area contributed by atoms with Gasteiger partial charge < -0.3 is 5.73 Å². The van der Waals surface area contributed by atoms with Crippen molar-refractivity contribution in [3.63, 3.8) is 0 Å². The molecular formula is C13H10N. The normalized spacial score (nSPS) is 12.3. The smallest absolute Gasteiger partial charge is 0.0581 e. The van der Waals surface area contributed by atoms with E-state index < -0.39 is 0 Å². The number of nitrogens with one attached hydrogen (secondary N) is 1. The lowest BCUT2D eigenvalue weighted by atomic mass is 10.1. The summed E-state index contributed by atoms with van der Waals surface area (Å²) >= 11 is 0. The van der Waals surface area contributed by atoms with E-state index in [2.05, 4.69) is 30.3 Å². The van der Waals surface area contributed by atoms with Gasteiger partial charge in [0, 0.05) is 6.42 Å². The predicted molar refractivity (Wildman–Crippen MR) is 57.4 cm³/mol. The predicted octanol–water partition coefficient (Wildman–Crippen LogP) is 3.17. The van der Waals surface area contributed by atoms with Crippen molar-refractivity contribution in [2.75, 3.05) is 0 Å². The van der Waals surface area contributed by atoms with E-state index in [9.17, 15) is 0 Å². The average Bonchev–Trinajstić information content (AvgIpc) is 2.59. The van der Waals surface area contributed by atoms with Crippen LogP contribution in [0.15, 0.2) is 42.5 Å². The lowest BCUT2D eigenvalue weighted by molar-refractivity contribution is 1.24. The molecule has 0 heterocycles. The molecule has 1 N–H and O–H groups in total. The molecule has 0 aliphatic heterocycles. The standard InChI is InChI=1S/C13H10N/c14-13-7-3-6-11-10-5-2-1-4-9(10)8-12(11)13/h1-7,14H,8H2. The van der Waals surface area contributed by atoms with Gasteiger partial charge in [-0.1, -0.05) is 36.4 Å². The Labute approximate surface area is 83.2 Å². The largest absolute Gasteiger partial charge is 0.301 e. The van der Waals surface area contributed by atoms with E-state index in [1.54, 1.807) is 0 Å². The minimum absolute atomic E-state index is 0.665. The molecule has 0 saturated carbocycles. The first-order valence-electron chi connectivity index (χ1n) is 4.78. The van der Waals surface area contributed by atoms with E-state index in [-0.39, 0.29) is 0 Å². The van der Waals surface area contributed by atoms with Crippen LogP contribution in [0.25, 0.3) is 11.1 Å². The van der Waals surface area contributed by atoms with Gasteiger partial charge in [-0.15, -0.1) is 0 Å². The summed E-state index contributed by atoms with van der Waals surface area (Å²) in [4.78, 5) is 0. The summed E-state index contributed by atoms with van der Waals surface area (Å²) in [6.07, 6.45) is 0.922. The third kappa shape index (κ3) is 0.896. The van der Waals surface area contributed by atoms with Crippen LogP contribution in [0.4, 0.5) is 5.69 Å². The maximum atomic E-state index is 7.83. The van der Waals surface area contributed by atoms with E-state index in [1.165, 1.54) is 22.3 Å². The summed E-state index contributed by atoms with van der Waals surface area (Å²) in [7, 11) is 0. The third-order valence-corrected chi connectivity index (χ3v) is 2.85. The molecule has 1 nitrogen and oxygen atoms in total. The molecule has 1 aliphatic rings. The maximum Gasteiger partial charge on any atom is 0.0581 e. The highest BCUT2D eigenvalue weighted by molar-refractivity contribution is 5.80. The molecule has 3 rings (SSSR count). The molecule has 0 fully saturated rings. The van der Waals surface area contributed by atoms with Gasteiger partial charge in [0.25, 0.3) is 0 Å². The topological polar surface area (TPSA) is 23.8 Å². The Kier molecular flexibility index (Phi) is 1.42. The van der Waals surface area contributed by atoms with Gasteiger partial charge in [-0.05, 0) is 28.3 Å². The number of hydrogen-bond donors (Lipinski definition) is 0. The van der Waals surface area contributed by atoms with Crippen LogP contribution < -0.4 is 5.73 Å². The first-order chi connectivity index (χ1) is 6.86. The van der Waals surface area contributed by atoms with Crippen LogP contribution in [-0.2, 0) is 6.42 Å². The summed E-state index contributed by atoms with van der Waals surface area (Å²) in [6, 6.07) is 14.3. The van der Waals surface area contributed by atoms with E-state index in [0.29, 0.717) is 5.69 Å². The molecule has 14 heavy (non-hydrogen) atoms. The van der Waals surface area contributed by atoms with Gasteiger partial charge in [0.05, 0.1) is 5.69 Å². The number of benzene rings is 2. The molecule has 0 saturated heterocycles.